The minimum atomic E-state index is -0.826. The van der Waals surface area contributed by atoms with Gasteiger partial charge < -0.3 is 19.3 Å². The fourth-order valence-electron chi connectivity index (χ4n) is 8.88. The van der Waals surface area contributed by atoms with Crippen molar-refractivity contribution in [2.45, 2.75) is 81.1 Å². The standard InChI is InChI=1S/C28H37NO4/c1-5-25(2,30)20-15-26-10-11-28(20,32-4)24-27(26)12-13-29(16-17-6-7-17)21(26)14-18-8-9-19(31-3)23(33-24)22(18)27/h8-11,17,20-21,24,30H,5-7,12-16H2,1-4H3/t20-,21-,24-,25+,26-,27+,28+/m1/s1. The van der Waals surface area contributed by atoms with Gasteiger partial charge in [-0.1, -0.05) is 25.1 Å². The van der Waals surface area contributed by atoms with Gasteiger partial charge in [0.15, 0.2) is 11.5 Å². The van der Waals surface area contributed by atoms with Crippen molar-refractivity contribution in [1.82, 2.24) is 4.90 Å². The third-order valence-electron chi connectivity index (χ3n) is 10.8. The molecule has 2 spiro atoms. The zero-order valence-electron chi connectivity index (χ0n) is 20.4. The molecule has 5 nitrogen and oxygen atoms in total. The molecule has 0 unspecified atom stereocenters. The monoisotopic (exact) mass is 451 g/mol. The van der Waals surface area contributed by atoms with Crippen LogP contribution in [-0.4, -0.2) is 60.7 Å². The van der Waals surface area contributed by atoms with Crippen LogP contribution in [0.1, 0.15) is 57.1 Å². The lowest BCUT2D eigenvalue weighted by molar-refractivity contribution is -0.248. The third kappa shape index (κ3) is 2.21. The zero-order chi connectivity index (χ0) is 22.8. The average molecular weight is 452 g/mol. The van der Waals surface area contributed by atoms with Crippen molar-refractivity contribution in [2.24, 2.45) is 17.3 Å². The summed E-state index contributed by atoms with van der Waals surface area (Å²) in [4.78, 5) is 2.80. The van der Waals surface area contributed by atoms with Crippen molar-refractivity contribution in [3.63, 3.8) is 0 Å². The summed E-state index contributed by atoms with van der Waals surface area (Å²) < 4.78 is 19.3. The van der Waals surface area contributed by atoms with E-state index < -0.39 is 11.2 Å². The Morgan fingerprint density at radius 3 is 2.76 bits per heavy atom. The van der Waals surface area contributed by atoms with Crippen LogP contribution in [0.3, 0.4) is 0 Å². The van der Waals surface area contributed by atoms with Gasteiger partial charge >= 0.3 is 0 Å². The van der Waals surface area contributed by atoms with Crippen LogP contribution in [0.5, 0.6) is 11.5 Å². The van der Waals surface area contributed by atoms with E-state index in [4.69, 9.17) is 14.2 Å². The van der Waals surface area contributed by atoms with Gasteiger partial charge in [-0.2, -0.15) is 0 Å². The molecule has 5 heteroatoms. The molecule has 7 aliphatic rings. The molecule has 7 atom stereocenters. The molecule has 2 aliphatic heterocycles. The first kappa shape index (κ1) is 20.8. The van der Waals surface area contributed by atoms with Gasteiger partial charge in [0, 0.05) is 36.6 Å². The maximum absolute atomic E-state index is 11.7. The Kier molecular flexibility index (Phi) is 4.00. The normalized spacial score (nSPS) is 43.7. The molecule has 0 radical (unpaired) electrons. The molecule has 33 heavy (non-hydrogen) atoms. The van der Waals surface area contributed by atoms with Crippen LogP contribution in [0.2, 0.25) is 0 Å². The van der Waals surface area contributed by atoms with Crippen molar-refractivity contribution in [3.8, 4) is 11.5 Å². The summed E-state index contributed by atoms with van der Waals surface area (Å²) >= 11 is 0. The molecular formula is C28H37NO4. The number of aliphatic hydroxyl groups is 1. The summed E-state index contributed by atoms with van der Waals surface area (Å²) in [7, 11) is 3.55. The van der Waals surface area contributed by atoms with E-state index in [1.165, 1.54) is 30.5 Å². The molecule has 1 aromatic carbocycles. The topological polar surface area (TPSA) is 51.2 Å². The predicted molar refractivity (Wildman–Crippen MR) is 126 cm³/mol. The van der Waals surface area contributed by atoms with Crippen LogP contribution in [0.25, 0.3) is 0 Å². The number of piperidine rings is 1. The largest absolute Gasteiger partial charge is 0.493 e. The first-order valence-electron chi connectivity index (χ1n) is 13.0. The molecule has 1 aromatic rings. The lowest BCUT2D eigenvalue weighted by atomic mass is 9.36. The molecule has 0 aromatic heterocycles. The molecular weight excluding hydrogens is 414 g/mol. The van der Waals surface area contributed by atoms with Crippen LogP contribution in [0.15, 0.2) is 24.3 Å². The molecule has 2 heterocycles. The van der Waals surface area contributed by atoms with Gasteiger partial charge in [-0.05, 0) is 69.5 Å². The average Bonchev–Trinajstić information content (AvgIpc) is 3.57. The first-order valence-corrected chi connectivity index (χ1v) is 13.0. The van der Waals surface area contributed by atoms with E-state index in [0.29, 0.717) is 12.5 Å². The Hall–Kier alpha value is -1.56. The molecule has 3 fully saturated rings. The summed E-state index contributed by atoms with van der Waals surface area (Å²) in [6.45, 7) is 6.42. The molecule has 2 saturated carbocycles. The van der Waals surface area contributed by atoms with Crippen molar-refractivity contribution < 1.29 is 19.3 Å². The number of hydrogen-bond acceptors (Lipinski definition) is 5. The number of nitrogens with zero attached hydrogens (tertiary/aromatic N) is 1. The van der Waals surface area contributed by atoms with Crippen LogP contribution in [0, 0.1) is 17.3 Å². The van der Waals surface area contributed by atoms with Gasteiger partial charge in [0.2, 0.25) is 0 Å². The van der Waals surface area contributed by atoms with E-state index in [0.717, 1.165) is 43.2 Å². The number of benzene rings is 1. The quantitative estimate of drug-likeness (QED) is 0.666. The van der Waals surface area contributed by atoms with Crippen molar-refractivity contribution in [3.05, 3.63) is 35.4 Å². The van der Waals surface area contributed by atoms with E-state index in [9.17, 15) is 5.11 Å². The summed E-state index contributed by atoms with van der Waals surface area (Å²) in [5.74, 6) is 2.60. The lowest BCUT2D eigenvalue weighted by Crippen LogP contribution is -2.80. The summed E-state index contributed by atoms with van der Waals surface area (Å²) in [5, 5.41) is 11.7. The highest BCUT2D eigenvalue weighted by molar-refractivity contribution is 5.65. The van der Waals surface area contributed by atoms with Crippen LogP contribution >= 0.6 is 0 Å². The third-order valence-corrected chi connectivity index (χ3v) is 10.8. The summed E-state index contributed by atoms with van der Waals surface area (Å²) in [6.07, 6.45) is 11.2. The summed E-state index contributed by atoms with van der Waals surface area (Å²) in [5.41, 5.74) is 1.15. The Bertz CT molecular complexity index is 1050. The van der Waals surface area contributed by atoms with Crippen molar-refractivity contribution in [2.75, 3.05) is 27.3 Å². The molecule has 8 rings (SSSR count). The number of fused-ring (bicyclic) bond motifs is 1. The number of ether oxygens (including phenoxy) is 3. The van der Waals surface area contributed by atoms with Gasteiger partial charge in [0.05, 0.1) is 18.1 Å². The van der Waals surface area contributed by atoms with E-state index in [-0.39, 0.29) is 22.9 Å². The minimum absolute atomic E-state index is 0.0200. The number of hydrogen-bond donors (Lipinski definition) is 1. The van der Waals surface area contributed by atoms with Crippen molar-refractivity contribution in [1.29, 1.82) is 0 Å². The van der Waals surface area contributed by atoms with Crippen LogP contribution in [-0.2, 0) is 16.6 Å². The summed E-state index contributed by atoms with van der Waals surface area (Å²) in [6, 6.07) is 4.82. The number of likely N-dealkylation sites (tertiary alicyclic amines) is 1. The van der Waals surface area contributed by atoms with Gasteiger partial charge in [-0.15, -0.1) is 0 Å². The highest BCUT2D eigenvalue weighted by Gasteiger charge is 2.80. The maximum Gasteiger partial charge on any atom is 0.166 e. The molecule has 178 valence electrons. The first-order chi connectivity index (χ1) is 15.9. The maximum atomic E-state index is 11.7. The highest BCUT2D eigenvalue weighted by Crippen LogP contribution is 2.75. The van der Waals surface area contributed by atoms with Crippen molar-refractivity contribution >= 4 is 0 Å². The van der Waals surface area contributed by atoms with E-state index >= 15 is 0 Å². The second-order valence-electron chi connectivity index (χ2n) is 11.9. The fraction of sp³-hybridized carbons (Fsp3) is 0.714. The molecule has 1 saturated heterocycles. The highest BCUT2D eigenvalue weighted by atomic mass is 16.6. The predicted octanol–water partition coefficient (Wildman–Crippen LogP) is 3.86. The van der Waals surface area contributed by atoms with E-state index in [1.807, 2.05) is 14.0 Å². The fourth-order valence-corrected chi connectivity index (χ4v) is 8.88. The van der Waals surface area contributed by atoms with Crippen LogP contribution < -0.4 is 9.47 Å². The zero-order valence-corrected chi connectivity index (χ0v) is 20.4. The van der Waals surface area contributed by atoms with Gasteiger partial charge in [0.25, 0.3) is 0 Å². The Balaban J connectivity index is 1.50. The SMILES string of the molecule is CC[C@](C)(O)[C@H]1C[C@@]23C=C[C@@]1(OC)[C@@H]1Oc4c(OC)ccc5c4[C@@]12CCN(CC1CC1)[C@@H]3C5. The van der Waals surface area contributed by atoms with Gasteiger partial charge in [0.1, 0.15) is 11.7 Å². The smallest absolute Gasteiger partial charge is 0.166 e. The number of methoxy groups -OCH3 is 2. The van der Waals surface area contributed by atoms with Crippen LogP contribution in [0.4, 0.5) is 0 Å². The van der Waals surface area contributed by atoms with E-state index in [1.54, 1.807) is 7.11 Å². The molecule has 4 bridgehead atoms. The minimum Gasteiger partial charge on any atom is -0.493 e. The Labute approximate surface area is 197 Å². The molecule has 0 amide bonds. The number of rotatable bonds is 6. The molecule has 5 aliphatic carbocycles. The Morgan fingerprint density at radius 2 is 2.06 bits per heavy atom. The Morgan fingerprint density at radius 1 is 1.24 bits per heavy atom. The second-order valence-corrected chi connectivity index (χ2v) is 11.9. The lowest BCUT2D eigenvalue weighted by Gasteiger charge is -2.72. The second kappa shape index (κ2) is 6.35. The van der Waals surface area contributed by atoms with Gasteiger partial charge in [-0.3, -0.25) is 4.90 Å². The molecule has 1 N–H and O–H groups in total. The van der Waals surface area contributed by atoms with E-state index in [2.05, 4.69) is 36.1 Å². The van der Waals surface area contributed by atoms with Gasteiger partial charge in [-0.25, -0.2) is 0 Å².